The number of nitrogens with zero attached hydrogens (tertiary/aromatic N) is 5. The average molecular weight is 524 g/mol. The largest absolute Gasteiger partial charge is 0.444 e. The molecule has 0 spiro atoms. The van der Waals surface area contributed by atoms with Gasteiger partial charge in [0.05, 0.1) is 18.3 Å². The van der Waals surface area contributed by atoms with Crippen LogP contribution in [0.15, 0.2) is 47.7 Å². The molecule has 2 aromatic rings. The van der Waals surface area contributed by atoms with E-state index in [-0.39, 0.29) is 36.1 Å². The molecule has 162 valence electrons. The van der Waals surface area contributed by atoms with Gasteiger partial charge in [-0.15, -0.1) is 24.0 Å². The lowest BCUT2D eigenvalue weighted by molar-refractivity contribution is 0.0137. The number of halogens is 1. The summed E-state index contributed by atoms with van der Waals surface area (Å²) < 4.78 is 7.38. The molecular formula is C21H29IN6O2. The van der Waals surface area contributed by atoms with Crippen LogP contribution >= 0.6 is 24.0 Å². The lowest BCUT2D eigenvalue weighted by Crippen LogP contribution is -2.57. The van der Waals surface area contributed by atoms with E-state index in [0.717, 1.165) is 23.8 Å². The topological polar surface area (TPSA) is 75.0 Å². The van der Waals surface area contributed by atoms with Crippen LogP contribution in [0.1, 0.15) is 26.3 Å². The molecule has 1 fully saturated rings. The first-order chi connectivity index (χ1) is 13.9. The van der Waals surface area contributed by atoms with E-state index in [4.69, 9.17) is 4.74 Å². The smallest absolute Gasteiger partial charge is 0.410 e. The second kappa shape index (κ2) is 9.23. The standard InChI is InChI=1S/C21H28N6O2.HI/c1-21(2,3)29-20(28)25-11-12-26-17(15-25)14-23-19(26)22-13-16-7-4-5-8-18(16)27-10-6-9-24-27;/h4-10,17H,11-15H2,1-3H3,(H,22,23);1H. The van der Waals surface area contributed by atoms with Gasteiger partial charge < -0.3 is 19.9 Å². The van der Waals surface area contributed by atoms with Gasteiger partial charge in [0.1, 0.15) is 5.60 Å². The first-order valence-corrected chi connectivity index (χ1v) is 10.0. The summed E-state index contributed by atoms with van der Waals surface area (Å²) in [5.74, 6) is 0.897. The van der Waals surface area contributed by atoms with Crippen LogP contribution in [-0.2, 0) is 11.3 Å². The van der Waals surface area contributed by atoms with Crippen molar-refractivity contribution in [3.05, 3.63) is 48.3 Å². The van der Waals surface area contributed by atoms with E-state index in [2.05, 4.69) is 32.4 Å². The number of carbonyl (C=O) groups is 1. The Morgan fingerprint density at radius 2 is 2.03 bits per heavy atom. The predicted octanol–water partition coefficient (Wildman–Crippen LogP) is 2.87. The Balaban J connectivity index is 0.00000256. The Morgan fingerprint density at radius 1 is 1.23 bits per heavy atom. The molecule has 1 unspecified atom stereocenters. The molecule has 0 aliphatic carbocycles. The maximum absolute atomic E-state index is 12.4. The van der Waals surface area contributed by atoms with Crippen molar-refractivity contribution >= 4 is 36.0 Å². The summed E-state index contributed by atoms with van der Waals surface area (Å²) in [5, 5.41) is 7.82. The van der Waals surface area contributed by atoms with Crippen LogP contribution in [0.2, 0.25) is 0 Å². The minimum Gasteiger partial charge on any atom is -0.444 e. The van der Waals surface area contributed by atoms with Gasteiger partial charge in [0.15, 0.2) is 5.96 Å². The summed E-state index contributed by atoms with van der Waals surface area (Å²) >= 11 is 0. The van der Waals surface area contributed by atoms with E-state index < -0.39 is 5.60 Å². The van der Waals surface area contributed by atoms with Crippen LogP contribution in [0.5, 0.6) is 0 Å². The summed E-state index contributed by atoms with van der Waals surface area (Å²) in [6.45, 7) is 9.03. The quantitative estimate of drug-likeness (QED) is 0.626. The number of hydrogen-bond donors (Lipinski definition) is 1. The van der Waals surface area contributed by atoms with Gasteiger partial charge in [-0.05, 0) is 38.5 Å². The molecule has 0 saturated carbocycles. The van der Waals surface area contributed by atoms with Gasteiger partial charge in [-0.25, -0.2) is 9.48 Å². The summed E-state index contributed by atoms with van der Waals surface area (Å²) in [7, 11) is 0. The summed E-state index contributed by atoms with van der Waals surface area (Å²) in [6, 6.07) is 10.3. The van der Waals surface area contributed by atoms with Gasteiger partial charge in [0.2, 0.25) is 0 Å². The van der Waals surface area contributed by atoms with E-state index in [0.29, 0.717) is 26.2 Å². The zero-order chi connectivity index (χ0) is 20.4. The number of benzene rings is 1. The van der Waals surface area contributed by atoms with Crippen molar-refractivity contribution < 1.29 is 9.53 Å². The number of nitrogens with one attached hydrogen (secondary N) is 1. The van der Waals surface area contributed by atoms with Gasteiger partial charge in [0, 0.05) is 38.6 Å². The Labute approximate surface area is 194 Å². The number of hydrogen-bond acceptors (Lipinski definition) is 6. The molecule has 1 amide bonds. The number of carbonyl (C=O) groups excluding carboxylic acids is 1. The zero-order valence-corrected chi connectivity index (χ0v) is 19.9. The molecular weight excluding hydrogens is 495 g/mol. The molecule has 1 aromatic carbocycles. The fourth-order valence-electron chi connectivity index (χ4n) is 3.69. The Hall–Kier alpha value is -2.30. The number of guanidine groups is 1. The molecule has 0 bridgehead atoms. The van der Waals surface area contributed by atoms with Crippen LogP contribution in [-0.4, -0.2) is 69.5 Å². The Kier molecular flexibility index (Phi) is 6.89. The highest BCUT2D eigenvalue weighted by Gasteiger charge is 2.36. The third-order valence-corrected chi connectivity index (χ3v) is 5.04. The lowest BCUT2D eigenvalue weighted by atomic mass is 10.1. The predicted molar refractivity (Wildman–Crippen MR) is 126 cm³/mol. The van der Waals surface area contributed by atoms with Crippen LogP contribution < -0.4 is 5.32 Å². The maximum Gasteiger partial charge on any atom is 0.410 e. The van der Waals surface area contributed by atoms with Crippen molar-refractivity contribution in [1.82, 2.24) is 24.9 Å². The molecule has 1 saturated heterocycles. The number of rotatable bonds is 3. The third kappa shape index (κ3) is 5.05. The molecule has 1 atom stereocenters. The first kappa shape index (κ1) is 22.4. The summed E-state index contributed by atoms with van der Waals surface area (Å²) in [5.41, 5.74) is 1.72. The van der Waals surface area contributed by atoms with E-state index in [1.807, 2.05) is 49.8 Å². The molecule has 8 nitrogen and oxygen atoms in total. The van der Waals surface area contributed by atoms with Gasteiger partial charge in [-0.2, -0.15) is 5.10 Å². The van der Waals surface area contributed by atoms with Gasteiger partial charge in [-0.3, -0.25) is 4.99 Å². The summed E-state index contributed by atoms with van der Waals surface area (Å²) in [6.07, 6.45) is 3.48. The van der Waals surface area contributed by atoms with Crippen molar-refractivity contribution in [2.45, 2.75) is 39.0 Å². The van der Waals surface area contributed by atoms with Crippen molar-refractivity contribution in [2.75, 3.05) is 26.2 Å². The highest BCUT2D eigenvalue weighted by atomic mass is 127. The molecule has 4 rings (SSSR count). The lowest BCUT2D eigenvalue weighted by Gasteiger charge is -2.39. The Bertz CT molecular complexity index is 893. The molecule has 1 aromatic heterocycles. The molecule has 9 heteroatoms. The van der Waals surface area contributed by atoms with E-state index in [9.17, 15) is 4.79 Å². The second-order valence-corrected chi connectivity index (χ2v) is 8.37. The first-order valence-electron chi connectivity index (χ1n) is 10.0. The summed E-state index contributed by atoms with van der Waals surface area (Å²) in [4.78, 5) is 21.1. The van der Waals surface area contributed by atoms with Gasteiger partial charge >= 0.3 is 6.09 Å². The number of amides is 1. The average Bonchev–Trinajstić information content (AvgIpc) is 3.35. The minimum absolute atomic E-state index is 0. The number of ether oxygens (including phenoxy) is 1. The van der Waals surface area contributed by atoms with Crippen molar-refractivity contribution in [3.8, 4) is 5.69 Å². The number of aliphatic imine (C=N–C) groups is 1. The maximum atomic E-state index is 12.4. The van der Waals surface area contributed by atoms with Crippen molar-refractivity contribution in [2.24, 2.45) is 4.99 Å². The molecule has 1 N–H and O–H groups in total. The fourth-order valence-corrected chi connectivity index (χ4v) is 3.69. The SMILES string of the molecule is CC(C)(C)OC(=O)N1CCN2C(NCc3ccccc3-n3cccn3)=NCC2C1.I. The number of fused-ring (bicyclic) bond motifs is 1. The third-order valence-electron chi connectivity index (χ3n) is 5.04. The van der Waals surface area contributed by atoms with Crippen molar-refractivity contribution in [1.29, 1.82) is 0 Å². The van der Waals surface area contributed by atoms with Crippen molar-refractivity contribution in [3.63, 3.8) is 0 Å². The van der Waals surface area contributed by atoms with E-state index >= 15 is 0 Å². The number of piperazine rings is 1. The monoisotopic (exact) mass is 524 g/mol. The van der Waals surface area contributed by atoms with E-state index in [1.165, 1.54) is 0 Å². The molecule has 3 heterocycles. The second-order valence-electron chi connectivity index (χ2n) is 8.37. The van der Waals surface area contributed by atoms with Crippen LogP contribution in [0.4, 0.5) is 4.79 Å². The Morgan fingerprint density at radius 3 is 2.77 bits per heavy atom. The highest BCUT2D eigenvalue weighted by Crippen LogP contribution is 2.19. The van der Waals surface area contributed by atoms with Crippen LogP contribution in [0, 0.1) is 0 Å². The van der Waals surface area contributed by atoms with Gasteiger partial charge in [0.25, 0.3) is 0 Å². The van der Waals surface area contributed by atoms with Crippen LogP contribution in [0.25, 0.3) is 5.69 Å². The molecule has 0 radical (unpaired) electrons. The highest BCUT2D eigenvalue weighted by molar-refractivity contribution is 14.0. The molecule has 2 aliphatic rings. The zero-order valence-electron chi connectivity index (χ0n) is 17.6. The fraction of sp³-hybridized carbons (Fsp3) is 0.476. The van der Waals surface area contributed by atoms with Crippen LogP contribution in [0.3, 0.4) is 0 Å². The van der Waals surface area contributed by atoms with E-state index in [1.54, 1.807) is 11.1 Å². The number of aromatic nitrogens is 2. The minimum atomic E-state index is -0.477. The molecule has 2 aliphatic heterocycles. The van der Waals surface area contributed by atoms with Gasteiger partial charge in [-0.1, -0.05) is 18.2 Å². The molecule has 30 heavy (non-hydrogen) atoms. The number of para-hydroxylation sites is 1. The normalized spacial score (nSPS) is 18.4.